The first kappa shape index (κ1) is 13.1. The van der Waals surface area contributed by atoms with Crippen molar-refractivity contribution >= 4 is 17.3 Å². The first-order chi connectivity index (χ1) is 7.67. The summed E-state index contributed by atoms with van der Waals surface area (Å²) >= 11 is 1.65. The maximum Gasteiger partial charge on any atom is 0.322 e. The summed E-state index contributed by atoms with van der Waals surface area (Å²) < 4.78 is 4.90. The maximum atomic E-state index is 11.3. The smallest absolute Gasteiger partial charge is 0.322 e. The Morgan fingerprint density at radius 3 is 2.94 bits per heavy atom. The summed E-state index contributed by atoms with van der Waals surface area (Å²) in [5.41, 5.74) is 0.984. The second-order valence-corrected chi connectivity index (χ2v) is 4.38. The van der Waals surface area contributed by atoms with Gasteiger partial charge in [-0.25, -0.2) is 4.98 Å². The summed E-state index contributed by atoms with van der Waals surface area (Å²) in [5.74, 6) is -0.214. The van der Waals surface area contributed by atoms with E-state index in [1.807, 2.05) is 5.38 Å². The molecule has 0 saturated carbocycles. The van der Waals surface area contributed by atoms with E-state index in [1.54, 1.807) is 25.2 Å². The molecule has 90 valence electrons. The summed E-state index contributed by atoms with van der Waals surface area (Å²) in [6.07, 6.45) is 0.956. The summed E-state index contributed by atoms with van der Waals surface area (Å²) in [4.78, 5) is 15.7. The number of esters is 1. The van der Waals surface area contributed by atoms with Crippen molar-refractivity contribution in [1.29, 1.82) is 0 Å². The fraction of sp³-hybridized carbons (Fsp3) is 0.636. The monoisotopic (exact) mass is 242 g/mol. The van der Waals surface area contributed by atoms with Gasteiger partial charge in [-0.2, -0.15) is 0 Å². The van der Waals surface area contributed by atoms with Crippen LogP contribution in [0.1, 0.15) is 31.5 Å². The predicted octanol–water partition coefficient (Wildman–Crippen LogP) is 1.75. The number of nitrogens with zero attached hydrogens (tertiary/aromatic N) is 1. The lowest BCUT2D eigenvalue weighted by molar-refractivity contribution is -0.145. The molecule has 0 saturated heterocycles. The number of hydrogen-bond acceptors (Lipinski definition) is 5. The molecule has 0 amide bonds. The molecule has 1 aromatic rings. The zero-order chi connectivity index (χ0) is 12.0. The number of thiazole rings is 1. The summed E-state index contributed by atoms with van der Waals surface area (Å²) in [7, 11) is 0. The van der Waals surface area contributed by atoms with Crippen molar-refractivity contribution in [2.24, 2.45) is 0 Å². The van der Waals surface area contributed by atoms with Gasteiger partial charge in [0.05, 0.1) is 17.3 Å². The fourth-order valence-corrected chi connectivity index (χ4v) is 1.95. The third kappa shape index (κ3) is 3.90. The second-order valence-electron chi connectivity index (χ2n) is 3.44. The molecule has 1 unspecified atom stereocenters. The zero-order valence-electron chi connectivity index (χ0n) is 9.95. The van der Waals surface area contributed by atoms with Crippen LogP contribution in [0.2, 0.25) is 0 Å². The normalized spacial score (nSPS) is 12.4. The Labute approximate surface area is 100 Å². The number of carbonyl (C=O) groups is 1. The minimum absolute atomic E-state index is 0.214. The lowest BCUT2D eigenvalue weighted by atomic mass is 10.3. The van der Waals surface area contributed by atoms with Crippen molar-refractivity contribution in [3.05, 3.63) is 16.1 Å². The quantitative estimate of drug-likeness (QED) is 0.772. The molecular weight excluding hydrogens is 224 g/mol. The van der Waals surface area contributed by atoms with E-state index in [0.717, 1.165) is 17.1 Å². The predicted molar refractivity (Wildman–Crippen MR) is 64.4 cm³/mol. The molecule has 1 atom stereocenters. The van der Waals surface area contributed by atoms with Gasteiger partial charge in [-0.1, -0.05) is 6.92 Å². The van der Waals surface area contributed by atoms with Gasteiger partial charge in [-0.3, -0.25) is 10.1 Å². The largest absolute Gasteiger partial charge is 0.465 e. The van der Waals surface area contributed by atoms with Crippen LogP contribution in [0.5, 0.6) is 0 Å². The maximum absolute atomic E-state index is 11.3. The molecule has 0 aliphatic heterocycles. The van der Waals surface area contributed by atoms with Crippen molar-refractivity contribution in [1.82, 2.24) is 10.3 Å². The third-order valence-electron chi connectivity index (χ3n) is 2.13. The Morgan fingerprint density at radius 2 is 2.38 bits per heavy atom. The highest BCUT2D eigenvalue weighted by Crippen LogP contribution is 2.09. The number of aromatic nitrogens is 1. The van der Waals surface area contributed by atoms with Gasteiger partial charge >= 0.3 is 5.97 Å². The Balaban J connectivity index is 2.36. The van der Waals surface area contributed by atoms with Crippen molar-refractivity contribution in [3.8, 4) is 0 Å². The number of rotatable bonds is 6. The summed E-state index contributed by atoms with van der Waals surface area (Å²) in [6, 6.07) is -0.285. The Hall–Kier alpha value is -0.940. The average molecular weight is 242 g/mol. The number of nitrogens with one attached hydrogen (secondary N) is 1. The highest BCUT2D eigenvalue weighted by Gasteiger charge is 2.13. The van der Waals surface area contributed by atoms with Gasteiger partial charge in [0.15, 0.2) is 0 Å². The van der Waals surface area contributed by atoms with E-state index in [4.69, 9.17) is 4.74 Å². The molecule has 4 nitrogen and oxygen atoms in total. The molecule has 0 aliphatic rings. The van der Waals surface area contributed by atoms with Crippen molar-refractivity contribution < 1.29 is 9.53 Å². The van der Waals surface area contributed by atoms with Crippen LogP contribution < -0.4 is 5.32 Å². The van der Waals surface area contributed by atoms with Crippen LogP contribution >= 0.6 is 11.3 Å². The van der Waals surface area contributed by atoms with E-state index in [2.05, 4.69) is 17.2 Å². The van der Waals surface area contributed by atoms with E-state index in [9.17, 15) is 4.79 Å². The molecule has 1 N–H and O–H groups in total. The number of carbonyl (C=O) groups excluding carboxylic acids is 1. The van der Waals surface area contributed by atoms with Gasteiger partial charge in [0.1, 0.15) is 6.04 Å². The molecular formula is C11H18N2O2S. The second kappa shape index (κ2) is 6.60. The van der Waals surface area contributed by atoms with Crippen molar-refractivity contribution in [2.45, 2.75) is 39.8 Å². The Bertz CT molecular complexity index is 338. The van der Waals surface area contributed by atoms with E-state index in [-0.39, 0.29) is 12.0 Å². The first-order valence-electron chi connectivity index (χ1n) is 5.50. The molecule has 0 aliphatic carbocycles. The average Bonchev–Trinajstić information content (AvgIpc) is 2.74. The van der Waals surface area contributed by atoms with Crippen LogP contribution in [0.15, 0.2) is 5.38 Å². The number of hydrogen-bond donors (Lipinski definition) is 1. The molecule has 0 bridgehead atoms. The molecule has 5 heteroatoms. The van der Waals surface area contributed by atoms with E-state index >= 15 is 0 Å². The number of aryl methyl sites for hydroxylation is 1. The lowest BCUT2D eigenvalue weighted by Crippen LogP contribution is -2.34. The number of ether oxygens (including phenoxy) is 1. The Morgan fingerprint density at radius 1 is 1.62 bits per heavy atom. The van der Waals surface area contributed by atoms with Gasteiger partial charge in [-0.05, 0) is 20.3 Å². The standard InChI is InChI=1S/C11H18N2O2S/c1-4-10-13-9(7-16-10)6-12-8(3)11(14)15-5-2/h7-8,12H,4-6H2,1-3H3. The highest BCUT2D eigenvalue weighted by molar-refractivity contribution is 7.09. The van der Waals surface area contributed by atoms with Gasteiger partial charge in [0.25, 0.3) is 0 Å². The molecule has 1 aromatic heterocycles. The molecule has 0 fully saturated rings. The Kier molecular flexibility index (Phi) is 5.42. The van der Waals surface area contributed by atoms with Crippen LogP contribution in [0.25, 0.3) is 0 Å². The van der Waals surface area contributed by atoms with Gasteiger partial charge < -0.3 is 4.74 Å². The van der Waals surface area contributed by atoms with Gasteiger partial charge in [0, 0.05) is 11.9 Å². The fourth-order valence-electron chi connectivity index (χ4n) is 1.20. The first-order valence-corrected chi connectivity index (χ1v) is 6.38. The SMILES string of the molecule is CCOC(=O)C(C)NCc1csc(CC)n1. The van der Waals surface area contributed by atoms with Crippen LogP contribution in [0.3, 0.4) is 0 Å². The highest BCUT2D eigenvalue weighted by atomic mass is 32.1. The summed E-state index contributed by atoms with van der Waals surface area (Å²) in [6.45, 7) is 6.71. The van der Waals surface area contributed by atoms with Crippen molar-refractivity contribution in [3.63, 3.8) is 0 Å². The van der Waals surface area contributed by atoms with E-state index in [1.165, 1.54) is 0 Å². The lowest BCUT2D eigenvalue weighted by Gasteiger charge is -2.11. The molecule has 1 heterocycles. The minimum Gasteiger partial charge on any atom is -0.465 e. The molecule has 0 aromatic carbocycles. The van der Waals surface area contributed by atoms with E-state index in [0.29, 0.717) is 13.2 Å². The topological polar surface area (TPSA) is 51.2 Å². The van der Waals surface area contributed by atoms with Crippen LogP contribution in [-0.2, 0) is 22.5 Å². The van der Waals surface area contributed by atoms with Crippen LogP contribution in [0, 0.1) is 0 Å². The zero-order valence-corrected chi connectivity index (χ0v) is 10.8. The van der Waals surface area contributed by atoms with Crippen molar-refractivity contribution in [2.75, 3.05) is 6.61 Å². The van der Waals surface area contributed by atoms with Crippen LogP contribution in [-0.4, -0.2) is 23.6 Å². The molecule has 0 radical (unpaired) electrons. The van der Waals surface area contributed by atoms with Crippen LogP contribution in [0.4, 0.5) is 0 Å². The minimum atomic E-state index is -0.285. The van der Waals surface area contributed by atoms with Gasteiger partial charge in [-0.15, -0.1) is 11.3 Å². The summed E-state index contributed by atoms with van der Waals surface area (Å²) in [5, 5.41) is 6.23. The molecule has 0 spiro atoms. The molecule has 1 rings (SSSR count). The van der Waals surface area contributed by atoms with E-state index < -0.39 is 0 Å². The molecule has 16 heavy (non-hydrogen) atoms. The third-order valence-corrected chi connectivity index (χ3v) is 3.17. The van der Waals surface area contributed by atoms with Gasteiger partial charge in [0.2, 0.25) is 0 Å².